The fourth-order valence-electron chi connectivity index (χ4n) is 2.87. The number of nitrogens with one attached hydrogen (secondary N) is 2. The molecule has 1 aromatic carbocycles. The number of hydrogen-bond acceptors (Lipinski definition) is 5. The van der Waals surface area contributed by atoms with E-state index in [1.165, 1.54) is 5.56 Å². The SMILES string of the molecule is CCNC(=NCCNc1ncnc2c1cnn2C)N(C)Cc1ccccc1Br. The summed E-state index contributed by atoms with van der Waals surface area (Å²) in [6.45, 7) is 4.94. The molecule has 3 aromatic rings. The highest BCUT2D eigenvalue weighted by atomic mass is 79.9. The molecule has 0 atom stereocenters. The first kappa shape index (κ1) is 20.1. The zero-order valence-corrected chi connectivity index (χ0v) is 17.9. The standard InChI is InChI=1S/C19H25BrN8/c1-4-21-19(27(2)12-14-7-5-6-8-16(14)20)23-10-9-22-17-15-11-26-28(3)18(15)25-13-24-17/h5-8,11,13H,4,9-10,12H2,1-3H3,(H,21,23)(H,22,24,25). The van der Waals surface area contributed by atoms with Gasteiger partial charge in [0.15, 0.2) is 11.6 Å². The topological polar surface area (TPSA) is 83.3 Å². The lowest BCUT2D eigenvalue weighted by Gasteiger charge is -2.22. The van der Waals surface area contributed by atoms with Crippen LogP contribution in [0.3, 0.4) is 0 Å². The van der Waals surface area contributed by atoms with E-state index in [9.17, 15) is 0 Å². The molecule has 148 valence electrons. The summed E-state index contributed by atoms with van der Waals surface area (Å²) in [5.41, 5.74) is 2.02. The van der Waals surface area contributed by atoms with Crippen molar-refractivity contribution >= 4 is 38.7 Å². The summed E-state index contributed by atoms with van der Waals surface area (Å²) < 4.78 is 2.84. The lowest BCUT2D eigenvalue weighted by atomic mass is 10.2. The molecule has 0 fully saturated rings. The second kappa shape index (κ2) is 9.50. The highest BCUT2D eigenvalue weighted by molar-refractivity contribution is 9.10. The van der Waals surface area contributed by atoms with Gasteiger partial charge in [0.1, 0.15) is 12.1 Å². The highest BCUT2D eigenvalue weighted by Crippen LogP contribution is 2.18. The van der Waals surface area contributed by atoms with Crippen molar-refractivity contribution in [1.29, 1.82) is 0 Å². The second-order valence-corrected chi connectivity index (χ2v) is 7.19. The smallest absolute Gasteiger partial charge is 0.194 e. The molecule has 0 radical (unpaired) electrons. The van der Waals surface area contributed by atoms with Gasteiger partial charge in [-0.05, 0) is 18.6 Å². The summed E-state index contributed by atoms with van der Waals surface area (Å²) in [5.74, 6) is 1.65. The van der Waals surface area contributed by atoms with E-state index < -0.39 is 0 Å². The molecule has 2 aromatic heterocycles. The number of guanidine groups is 1. The number of aryl methyl sites for hydroxylation is 1. The van der Waals surface area contributed by atoms with Crippen molar-refractivity contribution in [2.45, 2.75) is 13.5 Å². The summed E-state index contributed by atoms with van der Waals surface area (Å²) in [6, 6.07) is 8.23. The maximum atomic E-state index is 4.73. The van der Waals surface area contributed by atoms with E-state index in [0.29, 0.717) is 13.1 Å². The van der Waals surface area contributed by atoms with E-state index in [2.05, 4.69) is 65.6 Å². The predicted molar refractivity (Wildman–Crippen MR) is 116 cm³/mol. The maximum Gasteiger partial charge on any atom is 0.194 e. The van der Waals surface area contributed by atoms with Crippen LogP contribution in [-0.4, -0.2) is 57.3 Å². The third-order valence-corrected chi connectivity index (χ3v) is 5.03. The second-order valence-electron chi connectivity index (χ2n) is 6.34. The Labute approximate surface area is 173 Å². The van der Waals surface area contributed by atoms with Crippen molar-refractivity contribution in [1.82, 2.24) is 30.0 Å². The summed E-state index contributed by atoms with van der Waals surface area (Å²) in [4.78, 5) is 15.4. The number of hydrogen-bond donors (Lipinski definition) is 2. The number of fused-ring (bicyclic) bond motifs is 1. The van der Waals surface area contributed by atoms with Gasteiger partial charge in [0, 0.05) is 38.2 Å². The molecular formula is C19H25BrN8. The number of benzene rings is 1. The average molecular weight is 445 g/mol. The van der Waals surface area contributed by atoms with Gasteiger partial charge in [0.25, 0.3) is 0 Å². The monoisotopic (exact) mass is 444 g/mol. The van der Waals surface area contributed by atoms with E-state index in [1.807, 2.05) is 26.2 Å². The molecule has 2 heterocycles. The van der Waals surface area contributed by atoms with E-state index in [-0.39, 0.29) is 0 Å². The first-order chi connectivity index (χ1) is 13.6. The Morgan fingerprint density at radius 3 is 2.89 bits per heavy atom. The van der Waals surface area contributed by atoms with Gasteiger partial charge in [-0.15, -0.1) is 0 Å². The highest BCUT2D eigenvalue weighted by Gasteiger charge is 2.09. The van der Waals surface area contributed by atoms with Crippen molar-refractivity contribution < 1.29 is 0 Å². The molecule has 28 heavy (non-hydrogen) atoms. The molecule has 0 saturated carbocycles. The first-order valence-electron chi connectivity index (χ1n) is 9.19. The Hall–Kier alpha value is -2.68. The lowest BCUT2D eigenvalue weighted by molar-refractivity contribution is 0.476. The quantitative estimate of drug-likeness (QED) is 0.331. The van der Waals surface area contributed by atoms with Gasteiger partial charge in [-0.25, -0.2) is 9.97 Å². The van der Waals surface area contributed by atoms with E-state index in [4.69, 9.17) is 4.99 Å². The van der Waals surface area contributed by atoms with Gasteiger partial charge in [-0.2, -0.15) is 5.10 Å². The Kier molecular flexibility index (Phi) is 6.80. The molecule has 0 bridgehead atoms. The molecule has 9 heteroatoms. The van der Waals surface area contributed by atoms with Crippen LogP contribution in [0, 0.1) is 0 Å². The molecule has 0 saturated heterocycles. The Balaban J connectivity index is 1.61. The van der Waals surface area contributed by atoms with Crippen molar-refractivity contribution in [3.8, 4) is 0 Å². The summed E-state index contributed by atoms with van der Waals surface area (Å²) in [7, 11) is 3.91. The Morgan fingerprint density at radius 1 is 1.29 bits per heavy atom. The summed E-state index contributed by atoms with van der Waals surface area (Å²) in [6.07, 6.45) is 3.32. The van der Waals surface area contributed by atoms with Gasteiger partial charge in [-0.1, -0.05) is 34.1 Å². The molecule has 0 aliphatic rings. The van der Waals surface area contributed by atoms with E-state index in [0.717, 1.165) is 40.4 Å². The van der Waals surface area contributed by atoms with Crippen LogP contribution in [0.4, 0.5) is 5.82 Å². The van der Waals surface area contributed by atoms with Crippen LogP contribution in [-0.2, 0) is 13.6 Å². The van der Waals surface area contributed by atoms with Crippen LogP contribution in [0.2, 0.25) is 0 Å². The molecule has 0 unspecified atom stereocenters. The lowest BCUT2D eigenvalue weighted by Crippen LogP contribution is -2.38. The number of rotatable bonds is 7. The normalized spacial score (nSPS) is 11.6. The van der Waals surface area contributed by atoms with Crippen LogP contribution in [0.1, 0.15) is 12.5 Å². The number of anilines is 1. The van der Waals surface area contributed by atoms with Crippen molar-refractivity contribution in [2.75, 3.05) is 32.0 Å². The molecule has 0 amide bonds. The van der Waals surface area contributed by atoms with Gasteiger partial charge in [0.05, 0.1) is 18.1 Å². The zero-order valence-electron chi connectivity index (χ0n) is 16.4. The van der Waals surface area contributed by atoms with Crippen molar-refractivity contribution in [3.63, 3.8) is 0 Å². The van der Waals surface area contributed by atoms with Gasteiger partial charge >= 0.3 is 0 Å². The van der Waals surface area contributed by atoms with Gasteiger partial charge in [-0.3, -0.25) is 9.67 Å². The number of halogens is 1. The maximum absolute atomic E-state index is 4.73. The van der Waals surface area contributed by atoms with Crippen LogP contribution in [0.25, 0.3) is 11.0 Å². The van der Waals surface area contributed by atoms with Crippen LogP contribution in [0.15, 0.2) is 46.3 Å². The number of aromatic nitrogens is 4. The molecule has 0 spiro atoms. The Morgan fingerprint density at radius 2 is 2.11 bits per heavy atom. The molecule has 8 nitrogen and oxygen atoms in total. The van der Waals surface area contributed by atoms with Crippen molar-refractivity contribution in [3.05, 3.63) is 46.8 Å². The minimum atomic E-state index is 0.619. The molecule has 0 aliphatic heterocycles. The number of nitrogens with zero attached hydrogens (tertiary/aromatic N) is 6. The molecule has 0 aliphatic carbocycles. The van der Waals surface area contributed by atoms with Gasteiger partial charge < -0.3 is 15.5 Å². The Bertz CT molecular complexity index is 952. The first-order valence-corrected chi connectivity index (χ1v) is 9.99. The van der Waals surface area contributed by atoms with Crippen LogP contribution in [0.5, 0.6) is 0 Å². The largest absolute Gasteiger partial charge is 0.367 e. The average Bonchev–Trinajstić information content (AvgIpc) is 3.08. The molecule has 2 N–H and O–H groups in total. The molecular weight excluding hydrogens is 420 g/mol. The minimum absolute atomic E-state index is 0.619. The molecule has 3 rings (SSSR count). The van der Waals surface area contributed by atoms with E-state index in [1.54, 1.807) is 17.2 Å². The van der Waals surface area contributed by atoms with Crippen LogP contribution < -0.4 is 10.6 Å². The van der Waals surface area contributed by atoms with Gasteiger partial charge in [0.2, 0.25) is 0 Å². The summed E-state index contributed by atoms with van der Waals surface area (Å²) in [5, 5.41) is 11.8. The van der Waals surface area contributed by atoms with Crippen LogP contribution >= 0.6 is 15.9 Å². The number of aliphatic imine (C=N–C) groups is 1. The predicted octanol–water partition coefficient (Wildman–Crippen LogP) is 2.64. The minimum Gasteiger partial charge on any atom is -0.367 e. The summed E-state index contributed by atoms with van der Waals surface area (Å²) >= 11 is 3.61. The van der Waals surface area contributed by atoms with Crippen molar-refractivity contribution in [2.24, 2.45) is 12.0 Å². The fraction of sp³-hybridized carbons (Fsp3) is 0.368. The fourth-order valence-corrected chi connectivity index (χ4v) is 3.28. The van der Waals surface area contributed by atoms with E-state index >= 15 is 0 Å². The zero-order chi connectivity index (χ0) is 19.9. The third kappa shape index (κ3) is 4.78. The third-order valence-electron chi connectivity index (χ3n) is 4.26.